The number of nitrogens with zero attached hydrogens (tertiary/aromatic N) is 1. The van der Waals surface area contributed by atoms with Gasteiger partial charge in [-0.3, -0.25) is 0 Å². The fourth-order valence-electron chi connectivity index (χ4n) is 1.96. The van der Waals surface area contributed by atoms with Gasteiger partial charge in [0.15, 0.2) is 0 Å². The highest BCUT2D eigenvalue weighted by Gasteiger charge is 2.16. The molecule has 0 amide bonds. The molecule has 0 bridgehead atoms. The predicted octanol–water partition coefficient (Wildman–Crippen LogP) is 2.37. The van der Waals surface area contributed by atoms with Crippen molar-refractivity contribution in [1.29, 1.82) is 0 Å². The Hall–Kier alpha value is -0.0400. The van der Waals surface area contributed by atoms with E-state index in [2.05, 4.69) is 25.8 Å². The quantitative estimate of drug-likeness (QED) is 0.592. The van der Waals surface area contributed by atoms with Crippen molar-refractivity contribution in [3.05, 3.63) is 0 Å². The summed E-state index contributed by atoms with van der Waals surface area (Å²) < 4.78 is 0. The summed E-state index contributed by atoms with van der Waals surface area (Å²) in [4.78, 5) is 2.44. The fraction of sp³-hybridized carbons (Fsp3) is 1.00. The van der Waals surface area contributed by atoms with Crippen LogP contribution in [0.15, 0.2) is 0 Å². The monoisotopic (exact) mass is 155 g/mol. The van der Waals surface area contributed by atoms with E-state index < -0.39 is 0 Å². The van der Waals surface area contributed by atoms with Crippen LogP contribution in [0.3, 0.4) is 0 Å². The summed E-state index contributed by atoms with van der Waals surface area (Å²) in [7, 11) is 2.23. The Morgan fingerprint density at radius 1 is 1.27 bits per heavy atom. The van der Waals surface area contributed by atoms with Gasteiger partial charge in [-0.05, 0) is 51.2 Å². The van der Waals surface area contributed by atoms with Gasteiger partial charge in [-0.15, -0.1) is 0 Å². The van der Waals surface area contributed by atoms with Crippen molar-refractivity contribution >= 4 is 0 Å². The molecular formula is C10H21N. The summed E-state index contributed by atoms with van der Waals surface area (Å²) in [6.07, 6.45) is 4.29. The molecule has 0 spiro atoms. The number of hydrogen-bond donors (Lipinski definition) is 0. The molecule has 1 rings (SSSR count). The largest absolute Gasteiger partial charge is 0.306 e. The van der Waals surface area contributed by atoms with Crippen molar-refractivity contribution in [2.45, 2.75) is 33.1 Å². The number of hydrogen-bond acceptors (Lipinski definition) is 1. The number of likely N-dealkylation sites (tertiary alicyclic amines) is 1. The Morgan fingerprint density at radius 3 is 2.27 bits per heavy atom. The molecule has 0 unspecified atom stereocenters. The maximum atomic E-state index is 2.44. The van der Waals surface area contributed by atoms with E-state index in [1.165, 1.54) is 32.4 Å². The van der Waals surface area contributed by atoms with Crippen molar-refractivity contribution < 1.29 is 0 Å². The van der Waals surface area contributed by atoms with Crippen molar-refractivity contribution in [2.75, 3.05) is 20.1 Å². The smallest absolute Gasteiger partial charge is 0.00191 e. The maximum absolute atomic E-state index is 2.44. The van der Waals surface area contributed by atoms with Crippen LogP contribution >= 0.6 is 0 Å². The lowest BCUT2D eigenvalue weighted by Crippen LogP contribution is -2.30. The minimum absolute atomic E-state index is 0.892. The molecule has 0 N–H and O–H groups in total. The zero-order valence-electron chi connectivity index (χ0n) is 8.14. The van der Waals surface area contributed by atoms with Crippen LogP contribution in [0.2, 0.25) is 0 Å². The Morgan fingerprint density at radius 2 is 1.82 bits per heavy atom. The third-order valence-corrected chi connectivity index (χ3v) is 2.64. The van der Waals surface area contributed by atoms with Crippen molar-refractivity contribution in [3.63, 3.8) is 0 Å². The second-order valence-electron chi connectivity index (χ2n) is 4.38. The van der Waals surface area contributed by atoms with E-state index >= 15 is 0 Å². The summed E-state index contributed by atoms with van der Waals surface area (Å²) in [5.41, 5.74) is 0. The first kappa shape index (κ1) is 9.05. The second kappa shape index (κ2) is 4.10. The van der Waals surface area contributed by atoms with E-state index in [1.54, 1.807) is 0 Å². The molecule has 1 heteroatoms. The Bertz CT molecular complexity index is 101. The zero-order chi connectivity index (χ0) is 8.27. The van der Waals surface area contributed by atoms with E-state index in [-0.39, 0.29) is 0 Å². The molecule has 1 aliphatic heterocycles. The predicted molar refractivity (Wildman–Crippen MR) is 49.7 cm³/mol. The minimum atomic E-state index is 0.892. The normalized spacial score (nSPS) is 22.9. The molecule has 0 aromatic heterocycles. The van der Waals surface area contributed by atoms with Crippen LogP contribution in [0.5, 0.6) is 0 Å². The molecule has 1 aliphatic rings. The van der Waals surface area contributed by atoms with Crippen molar-refractivity contribution in [3.8, 4) is 0 Å². The van der Waals surface area contributed by atoms with Crippen molar-refractivity contribution in [1.82, 2.24) is 4.90 Å². The van der Waals surface area contributed by atoms with Crippen LogP contribution < -0.4 is 0 Å². The van der Waals surface area contributed by atoms with E-state index in [4.69, 9.17) is 0 Å². The van der Waals surface area contributed by atoms with Gasteiger partial charge >= 0.3 is 0 Å². The Labute approximate surface area is 70.8 Å². The summed E-state index contributed by atoms with van der Waals surface area (Å²) in [6, 6.07) is 0. The average molecular weight is 155 g/mol. The molecule has 1 fully saturated rings. The van der Waals surface area contributed by atoms with Gasteiger partial charge in [0, 0.05) is 0 Å². The molecule has 1 nitrogen and oxygen atoms in total. The van der Waals surface area contributed by atoms with Gasteiger partial charge in [0.05, 0.1) is 0 Å². The van der Waals surface area contributed by atoms with Gasteiger partial charge < -0.3 is 4.90 Å². The molecule has 0 aromatic carbocycles. The van der Waals surface area contributed by atoms with Gasteiger partial charge in [-0.1, -0.05) is 13.8 Å². The van der Waals surface area contributed by atoms with Gasteiger partial charge in [0.1, 0.15) is 0 Å². The van der Waals surface area contributed by atoms with Crippen LogP contribution in [0.4, 0.5) is 0 Å². The second-order valence-corrected chi connectivity index (χ2v) is 4.38. The molecule has 0 atom stereocenters. The van der Waals surface area contributed by atoms with Gasteiger partial charge in [0.25, 0.3) is 0 Å². The van der Waals surface area contributed by atoms with Crippen molar-refractivity contribution in [2.24, 2.45) is 11.8 Å². The molecule has 0 saturated carbocycles. The molecule has 11 heavy (non-hydrogen) atoms. The number of rotatable bonds is 2. The molecular weight excluding hydrogens is 134 g/mol. The molecule has 1 saturated heterocycles. The molecule has 66 valence electrons. The van der Waals surface area contributed by atoms with Crippen LogP contribution in [-0.4, -0.2) is 25.0 Å². The lowest BCUT2D eigenvalue weighted by atomic mass is 9.89. The standard InChI is InChI=1S/C10H21N/c1-9(2)8-10-4-6-11(3)7-5-10/h9-10H,4-8H2,1-3H3. The van der Waals surface area contributed by atoms with E-state index in [1.807, 2.05) is 0 Å². The number of piperidine rings is 1. The summed E-state index contributed by atoms with van der Waals surface area (Å²) in [5.74, 6) is 1.91. The van der Waals surface area contributed by atoms with E-state index in [0.29, 0.717) is 0 Å². The third kappa shape index (κ3) is 3.24. The first-order chi connectivity index (χ1) is 5.18. The third-order valence-electron chi connectivity index (χ3n) is 2.64. The SMILES string of the molecule is CC(C)CC1CCN(C)CC1. The lowest BCUT2D eigenvalue weighted by Gasteiger charge is -2.29. The van der Waals surface area contributed by atoms with Crippen LogP contribution in [0, 0.1) is 11.8 Å². The van der Waals surface area contributed by atoms with Gasteiger partial charge in [-0.2, -0.15) is 0 Å². The first-order valence-electron chi connectivity index (χ1n) is 4.87. The summed E-state index contributed by atoms with van der Waals surface area (Å²) in [6.45, 7) is 7.30. The van der Waals surface area contributed by atoms with Crippen LogP contribution in [0.25, 0.3) is 0 Å². The topological polar surface area (TPSA) is 3.24 Å². The Kier molecular flexibility index (Phi) is 3.38. The molecule has 0 radical (unpaired) electrons. The Balaban J connectivity index is 2.17. The van der Waals surface area contributed by atoms with Gasteiger partial charge in [0.2, 0.25) is 0 Å². The van der Waals surface area contributed by atoms with E-state index in [9.17, 15) is 0 Å². The van der Waals surface area contributed by atoms with Crippen LogP contribution in [0.1, 0.15) is 33.1 Å². The van der Waals surface area contributed by atoms with E-state index in [0.717, 1.165) is 11.8 Å². The fourth-order valence-corrected chi connectivity index (χ4v) is 1.96. The minimum Gasteiger partial charge on any atom is -0.306 e. The maximum Gasteiger partial charge on any atom is -0.00191 e. The summed E-state index contributed by atoms with van der Waals surface area (Å²) in [5, 5.41) is 0. The summed E-state index contributed by atoms with van der Waals surface area (Å²) >= 11 is 0. The highest BCUT2D eigenvalue weighted by molar-refractivity contribution is 4.70. The highest BCUT2D eigenvalue weighted by atomic mass is 15.1. The van der Waals surface area contributed by atoms with Gasteiger partial charge in [-0.25, -0.2) is 0 Å². The zero-order valence-corrected chi connectivity index (χ0v) is 8.14. The molecule has 0 aromatic rings. The van der Waals surface area contributed by atoms with Crippen LogP contribution in [-0.2, 0) is 0 Å². The first-order valence-corrected chi connectivity index (χ1v) is 4.87. The average Bonchev–Trinajstić information content (AvgIpc) is 1.93. The molecule has 1 heterocycles. The lowest BCUT2D eigenvalue weighted by molar-refractivity contribution is 0.201. The highest BCUT2D eigenvalue weighted by Crippen LogP contribution is 2.22. The molecule has 0 aliphatic carbocycles.